The van der Waals surface area contributed by atoms with Crippen LogP contribution in [0.3, 0.4) is 0 Å². The van der Waals surface area contributed by atoms with Crippen molar-refractivity contribution in [3.63, 3.8) is 0 Å². The summed E-state index contributed by atoms with van der Waals surface area (Å²) in [5.74, 6) is -1.06. The molecule has 2 aliphatic rings. The van der Waals surface area contributed by atoms with Gasteiger partial charge in [-0.2, -0.15) is 12.6 Å². The topological polar surface area (TPSA) is 86.7 Å². The number of amides is 2. The molecule has 0 aliphatic carbocycles. The summed E-state index contributed by atoms with van der Waals surface area (Å²) in [6, 6.07) is -1.36. The lowest BCUT2D eigenvalue weighted by atomic mass is 9.97. The van der Waals surface area contributed by atoms with Gasteiger partial charge in [0.25, 0.3) is 0 Å². The van der Waals surface area contributed by atoms with Gasteiger partial charge in [0.2, 0.25) is 11.8 Å². The fourth-order valence-electron chi connectivity index (χ4n) is 3.43. The first-order chi connectivity index (χ1) is 11.0. The molecule has 0 aromatic carbocycles. The molecule has 2 rings (SSSR count). The van der Waals surface area contributed by atoms with Crippen LogP contribution < -0.4 is 5.32 Å². The van der Waals surface area contributed by atoms with E-state index in [-0.39, 0.29) is 17.7 Å². The summed E-state index contributed by atoms with van der Waals surface area (Å²) < 4.78 is 0. The number of hydrogen-bond acceptors (Lipinski definition) is 4. The van der Waals surface area contributed by atoms with E-state index in [1.54, 1.807) is 0 Å². The maximum Gasteiger partial charge on any atom is 0.326 e. The van der Waals surface area contributed by atoms with Gasteiger partial charge in [0.05, 0.1) is 0 Å². The SMILES string of the molecule is O=C1N[C@@H](C(=O)N2CCC[C@H]2C(=O)O)CCCCCC[C@@H]1CS. The quantitative estimate of drug-likeness (QED) is 0.678. The van der Waals surface area contributed by atoms with Crippen LogP contribution in [0, 0.1) is 5.92 Å². The molecule has 6 nitrogen and oxygen atoms in total. The van der Waals surface area contributed by atoms with Gasteiger partial charge in [-0.25, -0.2) is 4.79 Å². The smallest absolute Gasteiger partial charge is 0.326 e. The number of rotatable bonds is 3. The molecule has 7 heteroatoms. The predicted octanol–water partition coefficient (Wildman–Crippen LogP) is 1.45. The number of hydrogen-bond donors (Lipinski definition) is 3. The third-order valence-electron chi connectivity index (χ3n) is 4.82. The van der Waals surface area contributed by atoms with Crippen LogP contribution in [0.2, 0.25) is 0 Å². The Kier molecular flexibility index (Phi) is 6.74. The summed E-state index contributed by atoms with van der Waals surface area (Å²) >= 11 is 4.24. The van der Waals surface area contributed by atoms with Gasteiger partial charge < -0.3 is 15.3 Å². The monoisotopic (exact) mass is 342 g/mol. The van der Waals surface area contributed by atoms with E-state index in [1.165, 1.54) is 4.90 Å². The van der Waals surface area contributed by atoms with Crippen molar-refractivity contribution in [2.75, 3.05) is 12.3 Å². The third kappa shape index (κ3) is 4.62. The molecule has 2 N–H and O–H groups in total. The number of carboxylic acids is 1. The van der Waals surface area contributed by atoms with Crippen molar-refractivity contribution >= 4 is 30.4 Å². The van der Waals surface area contributed by atoms with Gasteiger partial charge >= 0.3 is 5.97 Å². The van der Waals surface area contributed by atoms with Crippen LogP contribution in [0.4, 0.5) is 0 Å². The van der Waals surface area contributed by atoms with Gasteiger partial charge in [0.1, 0.15) is 12.1 Å². The maximum absolute atomic E-state index is 12.7. The van der Waals surface area contributed by atoms with Crippen molar-refractivity contribution < 1.29 is 19.5 Å². The van der Waals surface area contributed by atoms with E-state index < -0.39 is 18.1 Å². The van der Waals surface area contributed by atoms with E-state index in [1.807, 2.05) is 0 Å². The fraction of sp³-hybridized carbons (Fsp3) is 0.812. The van der Waals surface area contributed by atoms with E-state index in [0.717, 1.165) is 32.1 Å². The van der Waals surface area contributed by atoms with Gasteiger partial charge in [0, 0.05) is 18.2 Å². The molecule has 2 saturated heterocycles. The van der Waals surface area contributed by atoms with Crippen molar-refractivity contribution in [2.45, 2.75) is 63.5 Å². The zero-order valence-corrected chi connectivity index (χ0v) is 14.3. The van der Waals surface area contributed by atoms with E-state index in [4.69, 9.17) is 0 Å². The first-order valence-corrected chi connectivity index (χ1v) is 9.12. The summed E-state index contributed by atoms with van der Waals surface area (Å²) in [5, 5.41) is 12.1. The zero-order chi connectivity index (χ0) is 16.8. The van der Waals surface area contributed by atoms with E-state index in [9.17, 15) is 19.5 Å². The van der Waals surface area contributed by atoms with E-state index in [0.29, 0.717) is 31.6 Å². The van der Waals surface area contributed by atoms with Crippen LogP contribution in [0.1, 0.15) is 51.4 Å². The number of nitrogens with zero attached hydrogens (tertiary/aromatic N) is 1. The lowest BCUT2D eigenvalue weighted by Crippen LogP contribution is -2.52. The molecule has 3 atom stereocenters. The Morgan fingerprint density at radius 2 is 1.83 bits per heavy atom. The van der Waals surface area contributed by atoms with Gasteiger partial charge in [-0.15, -0.1) is 0 Å². The minimum Gasteiger partial charge on any atom is -0.480 e. The number of carboxylic acid groups (broad SMARTS) is 1. The van der Waals surface area contributed by atoms with Crippen molar-refractivity contribution in [1.82, 2.24) is 10.2 Å². The van der Waals surface area contributed by atoms with Gasteiger partial charge in [0.15, 0.2) is 0 Å². The van der Waals surface area contributed by atoms with E-state index in [2.05, 4.69) is 17.9 Å². The Bertz CT molecular complexity index is 457. The molecule has 2 heterocycles. The van der Waals surface area contributed by atoms with Gasteiger partial charge in [-0.05, 0) is 25.7 Å². The second-order valence-electron chi connectivity index (χ2n) is 6.46. The number of carbonyl (C=O) groups is 3. The molecule has 130 valence electrons. The Balaban J connectivity index is 2.08. The summed E-state index contributed by atoms with van der Waals surface area (Å²) in [6.45, 7) is 0.457. The molecule has 0 aromatic rings. The summed E-state index contributed by atoms with van der Waals surface area (Å²) in [6.07, 6.45) is 6.51. The number of aliphatic carboxylic acids is 1. The summed E-state index contributed by atoms with van der Waals surface area (Å²) in [5.41, 5.74) is 0. The number of carbonyl (C=O) groups excluding carboxylic acids is 2. The number of thiol groups is 1. The lowest BCUT2D eigenvalue weighted by Gasteiger charge is -2.29. The maximum atomic E-state index is 12.7. The van der Waals surface area contributed by atoms with Crippen molar-refractivity contribution in [2.24, 2.45) is 5.92 Å². The number of likely N-dealkylation sites (tertiary alicyclic amines) is 1. The predicted molar refractivity (Wildman–Crippen MR) is 89.3 cm³/mol. The lowest BCUT2D eigenvalue weighted by molar-refractivity contribution is -0.149. The highest BCUT2D eigenvalue weighted by Gasteiger charge is 2.37. The average Bonchev–Trinajstić information content (AvgIpc) is 3.02. The van der Waals surface area contributed by atoms with Gasteiger partial charge in [-0.3, -0.25) is 9.59 Å². The highest BCUT2D eigenvalue weighted by atomic mass is 32.1. The molecule has 2 aliphatic heterocycles. The molecular formula is C16H26N2O4S. The minimum atomic E-state index is -0.963. The standard InChI is InChI=1S/C16H26N2O4S/c19-14-11(10-23)6-3-1-2-4-7-12(17-14)15(20)18-9-5-8-13(18)16(21)22/h11-13,23H,1-10H2,(H,17,19)(H,21,22)/t11-,12-,13+/m1/s1. The first kappa shape index (κ1) is 18.1. The molecule has 2 fully saturated rings. The normalized spacial score (nSPS) is 29.9. The van der Waals surface area contributed by atoms with Crippen LogP contribution in [0.15, 0.2) is 0 Å². The van der Waals surface area contributed by atoms with Crippen molar-refractivity contribution in [1.29, 1.82) is 0 Å². The Hall–Kier alpha value is -1.24. The number of nitrogens with one attached hydrogen (secondary N) is 1. The molecule has 0 spiro atoms. The molecule has 0 aromatic heterocycles. The molecule has 0 radical (unpaired) electrons. The first-order valence-electron chi connectivity index (χ1n) is 8.49. The Labute approximate surface area is 142 Å². The second kappa shape index (κ2) is 8.57. The van der Waals surface area contributed by atoms with Crippen molar-refractivity contribution in [3.8, 4) is 0 Å². The third-order valence-corrected chi connectivity index (χ3v) is 5.26. The highest BCUT2D eigenvalue weighted by Crippen LogP contribution is 2.22. The summed E-state index contributed by atoms with van der Waals surface area (Å²) in [7, 11) is 0. The van der Waals surface area contributed by atoms with Crippen LogP contribution >= 0.6 is 12.6 Å². The molecule has 2 amide bonds. The summed E-state index contributed by atoms with van der Waals surface area (Å²) in [4.78, 5) is 37.8. The fourth-order valence-corrected chi connectivity index (χ4v) is 3.78. The molecule has 23 heavy (non-hydrogen) atoms. The molecule has 0 bridgehead atoms. The highest BCUT2D eigenvalue weighted by molar-refractivity contribution is 7.80. The van der Waals surface area contributed by atoms with Crippen LogP contribution in [0.5, 0.6) is 0 Å². The molecule has 0 saturated carbocycles. The van der Waals surface area contributed by atoms with Crippen LogP contribution in [0.25, 0.3) is 0 Å². The molecular weight excluding hydrogens is 316 g/mol. The van der Waals surface area contributed by atoms with Crippen LogP contribution in [-0.2, 0) is 14.4 Å². The average molecular weight is 342 g/mol. The largest absolute Gasteiger partial charge is 0.480 e. The second-order valence-corrected chi connectivity index (χ2v) is 6.83. The minimum absolute atomic E-state index is 0.133. The molecule has 0 unspecified atom stereocenters. The Morgan fingerprint density at radius 3 is 2.48 bits per heavy atom. The van der Waals surface area contributed by atoms with E-state index >= 15 is 0 Å². The Morgan fingerprint density at radius 1 is 1.13 bits per heavy atom. The zero-order valence-electron chi connectivity index (χ0n) is 13.4. The van der Waals surface area contributed by atoms with Crippen LogP contribution in [-0.4, -0.2) is 52.2 Å². The van der Waals surface area contributed by atoms with Gasteiger partial charge in [-0.1, -0.05) is 25.7 Å². The van der Waals surface area contributed by atoms with Crippen molar-refractivity contribution in [3.05, 3.63) is 0 Å².